The van der Waals surface area contributed by atoms with Gasteiger partial charge in [0, 0.05) is 23.7 Å². The van der Waals surface area contributed by atoms with Crippen molar-refractivity contribution in [2.75, 3.05) is 18.8 Å². The van der Waals surface area contributed by atoms with E-state index in [0.717, 1.165) is 5.75 Å². The molecule has 3 N–H and O–H groups in total. The predicted octanol–water partition coefficient (Wildman–Crippen LogP) is 2.48. The number of thioether (sulfide) groups is 1. The average Bonchev–Trinajstić information content (AvgIpc) is 2.42. The van der Waals surface area contributed by atoms with Crippen LogP contribution in [0.3, 0.4) is 0 Å². The molecule has 0 aliphatic carbocycles. The summed E-state index contributed by atoms with van der Waals surface area (Å²) in [6.07, 6.45) is 0.226. The van der Waals surface area contributed by atoms with Crippen LogP contribution >= 0.6 is 11.8 Å². The summed E-state index contributed by atoms with van der Waals surface area (Å²) < 4.78 is 0. The van der Waals surface area contributed by atoms with Gasteiger partial charge < -0.3 is 15.7 Å². The number of benzene rings is 1. The smallest absolute Gasteiger partial charge is 0.314 e. The summed E-state index contributed by atoms with van der Waals surface area (Å²) in [7, 11) is 0. The topological polar surface area (TPSA) is 61.4 Å². The minimum atomic E-state index is -0.473. The van der Waals surface area contributed by atoms with E-state index in [1.807, 2.05) is 44.2 Å². The third-order valence-corrected chi connectivity index (χ3v) is 3.66. The van der Waals surface area contributed by atoms with E-state index >= 15 is 0 Å². The van der Waals surface area contributed by atoms with Gasteiger partial charge >= 0.3 is 6.03 Å². The van der Waals surface area contributed by atoms with Crippen molar-refractivity contribution in [3.63, 3.8) is 0 Å². The Bertz CT molecular complexity index is 385. The molecule has 1 aromatic rings. The van der Waals surface area contributed by atoms with Crippen LogP contribution in [0.15, 0.2) is 35.2 Å². The van der Waals surface area contributed by atoms with Crippen molar-refractivity contribution >= 4 is 17.8 Å². The maximum absolute atomic E-state index is 11.5. The molecule has 5 heteroatoms. The molecule has 0 fully saturated rings. The lowest BCUT2D eigenvalue weighted by molar-refractivity contribution is 0.147. The number of rotatable bonds is 8. The van der Waals surface area contributed by atoms with Crippen LogP contribution in [0.25, 0.3) is 0 Å². The van der Waals surface area contributed by atoms with Gasteiger partial charge in [-0.05, 0) is 24.5 Å². The van der Waals surface area contributed by atoms with E-state index in [2.05, 4.69) is 10.6 Å². The molecule has 0 aliphatic rings. The summed E-state index contributed by atoms with van der Waals surface area (Å²) in [6, 6.07) is 9.86. The van der Waals surface area contributed by atoms with Gasteiger partial charge in [-0.2, -0.15) is 0 Å². The lowest BCUT2D eigenvalue weighted by Gasteiger charge is -2.14. The molecule has 2 amide bonds. The quantitative estimate of drug-likeness (QED) is 0.510. The van der Waals surface area contributed by atoms with Crippen LogP contribution in [0, 0.1) is 5.92 Å². The van der Waals surface area contributed by atoms with E-state index in [1.54, 1.807) is 11.8 Å². The zero-order valence-corrected chi connectivity index (χ0v) is 13.0. The molecule has 1 aromatic carbocycles. The highest BCUT2D eigenvalue weighted by Gasteiger charge is 2.08. The molecule has 1 unspecified atom stereocenters. The van der Waals surface area contributed by atoms with Crippen molar-refractivity contribution in [1.29, 1.82) is 0 Å². The molecule has 0 bridgehead atoms. The highest BCUT2D eigenvalue weighted by Crippen LogP contribution is 2.15. The van der Waals surface area contributed by atoms with Gasteiger partial charge in [-0.15, -0.1) is 11.8 Å². The number of carbonyl (C=O) groups excluding carboxylic acids is 1. The lowest BCUT2D eigenvalue weighted by Crippen LogP contribution is -2.40. The first-order valence-electron chi connectivity index (χ1n) is 6.95. The second-order valence-corrected chi connectivity index (χ2v) is 6.25. The monoisotopic (exact) mass is 296 g/mol. The van der Waals surface area contributed by atoms with E-state index in [4.69, 9.17) is 0 Å². The Morgan fingerprint density at radius 3 is 2.60 bits per heavy atom. The normalized spacial score (nSPS) is 12.2. The van der Waals surface area contributed by atoms with Gasteiger partial charge in [0.1, 0.15) is 0 Å². The molecule has 0 radical (unpaired) electrons. The van der Waals surface area contributed by atoms with Crippen LogP contribution in [-0.4, -0.2) is 36.1 Å². The van der Waals surface area contributed by atoms with Crippen LogP contribution in [0.1, 0.15) is 20.3 Å². The molecule has 1 atom stereocenters. The highest BCUT2D eigenvalue weighted by molar-refractivity contribution is 7.99. The minimum absolute atomic E-state index is 0.221. The maximum atomic E-state index is 11.5. The summed E-state index contributed by atoms with van der Waals surface area (Å²) in [6.45, 7) is 5.00. The Labute approximate surface area is 125 Å². The molecule has 1 rings (SSSR count). The zero-order valence-electron chi connectivity index (χ0n) is 12.1. The molecule has 20 heavy (non-hydrogen) atoms. The Kier molecular flexibility index (Phi) is 8.14. The van der Waals surface area contributed by atoms with Gasteiger partial charge in [0.25, 0.3) is 0 Å². The first-order chi connectivity index (χ1) is 9.58. The van der Waals surface area contributed by atoms with Crippen LogP contribution < -0.4 is 10.6 Å². The number of amides is 2. The van der Waals surface area contributed by atoms with Crippen molar-refractivity contribution in [3.8, 4) is 0 Å². The Balaban J connectivity index is 2.05. The van der Waals surface area contributed by atoms with Gasteiger partial charge in [0.15, 0.2) is 0 Å². The van der Waals surface area contributed by atoms with Crippen molar-refractivity contribution in [2.45, 2.75) is 31.3 Å². The Morgan fingerprint density at radius 2 is 1.95 bits per heavy atom. The molecular formula is C15H24N2O2S. The van der Waals surface area contributed by atoms with E-state index in [0.29, 0.717) is 25.4 Å². The van der Waals surface area contributed by atoms with Crippen LogP contribution in [0.5, 0.6) is 0 Å². The standard InChI is InChI=1S/C15H24N2O2S/c1-12(2)10-13(18)11-17-15(19)16-8-9-20-14-6-4-3-5-7-14/h3-7,12-13,18H,8-11H2,1-2H3,(H2,16,17,19). The van der Waals surface area contributed by atoms with Gasteiger partial charge in [-0.3, -0.25) is 0 Å². The summed E-state index contributed by atoms with van der Waals surface area (Å²) >= 11 is 1.70. The average molecular weight is 296 g/mol. The number of nitrogens with one attached hydrogen (secondary N) is 2. The molecule has 0 spiro atoms. The second-order valence-electron chi connectivity index (χ2n) is 5.08. The highest BCUT2D eigenvalue weighted by atomic mass is 32.2. The van der Waals surface area contributed by atoms with Gasteiger partial charge in [-0.1, -0.05) is 32.0 Å². The summed E-state index contributed by atoms with van der Waals surface area (Å²) in [4.78, 5) is 12.7. The predicted molar refractivity (Wildman–Crippen MR) is 84.0 cm³/mol. The van der Waals surface area contributed by atoms with Gasteiger partial charge in [0.2, 0.25) is 0 Å². The molecule has 0 saturated carbocycles. The number of hydrogen-bond donors (Lipinski definition) is 3. The fourth-order valence-corrected chi connectivity index (χ4v) is 2.54. The molecule has 0 saturated heterocycles. The third-order valence-electron chi connectivity index (χ3n) is 2.64. The Hall–Kier alpha value is -1.20. The minimum Gasteiger partial charge on any atom is -0.391 e. The van der Waals surface area contributed by atoms with Crippen molar-refractivity contribution < 1.29 is 9.90 Å². The van der Waals surface area contributed by atoms with Crippen LogP contribution in [-0.2, 0) is 0 Å². The van der Waals surface area contributed by atoms with E-state index < -0.39 is 6.10 Å². The first-order valence-corrected chi connectivity index (χ1v) is 7.94. The first kappa shape index (κ1) is 16.9. The van der Waals surface area contributed by atoms with Gasteiger partial charge in [-0.25, -0.2) is 4.79 Å². The third kappa shape index (κ3) is 8.07. The SMILES string of the molecule is CC(C)CC(O)CNC(=O)NCCSc1ccccc1. The molecule has 0 heterocycles. The molecular weight excluding hydrogens is 272 g/mol. The Morgan fingerprint density at radius 1 is 1.25 bits per heavy atom. The number of carbonyl (C=O) groups is 1. The summed E-state index contributed by atoms with van der Waals surface area (Å²) in [5.74, 6) is 1.25. The molecule has 112 valence electrons. The van der Waals surface area contributed by atoms with Crippen molar-refractivity contribution in [3.05, 3.63) is 30.3 Å². The van der Waals surface area contributed by atoms with Crippen LogP contribution in [0.2, 0.25) is 0 Å². The summed E-state index contributed by atoms with van der Waals surface area (Å²) in [5, 5.41) is 15.1. The van der Waals surface area contributed by atoms with Crippen molar-refractivity contribution in [1.82, 2.24) is 10.6 Å². The maximum Gasteiger partial charge on any atom is 0.314 e. The fraction of sp³-hybridized carbons (Fsp3) is 0.533. The van der Waals surface area contributed by atoms with Crippen LogP contribution in [0.4, 0.5) is 4.79 Å². The number of urea groups is 1. The van der Waals surface area contributed by atoms with E-state index in [-0.39, 0.29) is 6.03 Å². The lowest BCUT2D eigenvalue weighted by atomic mass is 10.1. The second kappa shape index (κ2) is 9.66. The number of hydrogen-bond acceptors (Lipinski definition) is 3. The van der Waals surface area contributed by atoms with E-state index in [1.165, 1.54) is 4.90 Å². The molecule has 0 aliphatic heterocycles. The summed E-state index contributed by atoms with van der Waals surface area (Å²) in [5.41, 5.74) is 0. The number of aliphatic hydroxyl groups excluding tert-OH is 1. The largest absolute Gasteiger partial charge is 0.391 e. The zero-order chi connectivity index (χ0) is 14.8. The fourth-order valence-electron chi connectivity index (χ4n) is 1.75. The van der Waals surface area contributed by atoms with E-state index in [9.17, 15) is 9.90 Å². The van der Waals surface area contributed by atoms with Crippen molar-refractivity contribution in [2.24, 2.45) is 5.92 Å². The van der Waals surface area contributed by atoms with Gasteiger partial charge in [0.05, 0.1) is 6.10 Å². The molecule has 4 nitrogen and oxygen atoms in total. The number of aliphatic hydroxyl groups is 1. The molecule has 0 aromatic heterocycles.